The number of halogens is 1. The Labute approximate surface area is 113 Å². The molecule has 17 heavy (non-hydrogen) atoms. The van der Waals surface area contributed by atoms with Gasteiger partial charge in [0, 0.05) is 18.8 Å². The summed E-state index contributed by atoms with van der Waals surface area (Å²) < 4.78 is 1.04. The minimum atomic E-state index is 0.610. The normalized spacial score (nSPS) is 11.2. The fraction of sp³-hybridized carbons (Fsp3) is 0.615. The van der Waals surface area contributed by atoms with Crippen molar-refractivity contribution in [2.75, 3.05) is 25.5 Å². The van der Waals surface area contributed by atoms with E-state index in [1.54, 1.807) is 0 Å². The molecule has 0 spiro atoms. The minimum absolute atomic E-state index is 0.610. The van der Waals surface area contributed by atoms with Gasteiger partial charge in [0.15, 0.2) is 0 Å². The van der Waals surface area contributed by atoms with Crippen molar-refractivity contribution in [1.82, 2.24) is 9.88 Å². The van der Waals surface area contributed by atoms with E-state index in [1.165, 1.54) is 5.56 Å². The van der Waals surface area contributed by atoms with Crippen molar-refractivity contribution < 1.29 is 0 Å². The quantitative estimate of drug-likeness (QED) is 0.817. The Kier molecular flexibility index (Phi) is 5.92. The van der Waals surface area contributed by atoms with Crippen LogP contribution < -0.4 is 5.32 Å². The van der Waals surface area contributed by atoms with Gasteiger partial charge in [0.1, 0.15) is 5.82 Å². The van der Waals surface area contributed by atoms with Gasteiger partial charge in [0.2, 0.25) is 0 Å². The molecule has 0 radical (unpaired) electrons. The molecule has 4 heteroatoms. The van der Waals surface area contributed by atoms with Crippen LogP contribution in [0.4, 0.5) is 5.82 Å². The first kappa shape index (κ1) is 14.5. The van der Waals surface area contributed by atoms with Crippen LogP contribution in [0.15, 0.2) is 16.7 Å². The van der Waals surface area contributed by atoms with Crippen LogP contribution in [0.1, 0.15) is 25.8 Å². The first-order valence-electron chi connectivity index (χ1n) is 6.07. The van der Waals surface area contributed by atoms with Gasteiger partial charge in [-0.05, 0) is 68.3 Å². The van der Waals surface area contributed by atoms with Gasteiger partial charge < -0.3 is 10.2 Å². The van der Waals surface area contributed by atoms with E-state index >= 15 is 0 Å². The average molecular weight is 300 g/mol. The first-order valence-corrected chi connectivity index (χ1v) is 6.86. The third-order valence-corrected chi connectivity index (χ3v) is 3.44. The Bertz CT molecular complexity index is 353. The molecule has 0 saturated carbocycles. The number of rotatable bonds is 6. The second kappa shape index (κ2) is 6.97. The van der Waals surface area contributed by atoms with Gasteiger partial charge in [0.25, 0.3) is 0 Å². The molecule has 0 atom stereocenters. The molecule has 0 fully saturated rings. The van der Waals surface area contributed by atoms with Gasteiger partial charge in [-0.3, -0.25) is 0 Å². The molecule has 0 aliphatic heterocycles. The van der Waals surface area contributed by atoms with Crippen molar-refractivity contribution in [3.8, 4) is 0 Å². The number of aryl methyl sites for hydroxylation is 1. The summed E-state index contributed by atoms with van der Waals surface area (Å²) in [4.78, 5) is 6.70. The number of nitrogens with one attached hydrogen (secondary N) is 1. The smallest absolute Gasteiger partial charge is 0.140 e. The molecule has 3 nitrogen and oxygen atoms in total. The third-order valence-electron chi connectivity index (χ3n) is 2.84. The molecule has 0 saturated heterocycles. The summed E-state index contributed by atoms with van der Waals surface area (Å²) in [6, 6.07) is 2.69. The molecule has 0 aliphatic rings. The summed E-state index contributed by atoms with van der Waals surface area (Å²) in [5.74, 6) is 0.933. The fourth-order valence-corrected chi connectivity index (χ4v) is 2.06. The highest BCUT2D eigenvalue weighted by molar-refractivity contribution is 9.10. The molecule has 0 amide bonds. The predicted octanol–water partition coefficient (Wildman–Crippen LogP) is 3.29. The number of nitrogens with zero attached hydrogens (tertiary/aromatic N) is 2. The number of anilines is 1. The SMILES string of the molecule is Cc1cnc(NCCCN(C)C(C)C)c(Br)c1. The lowest BCUT2D eigenvalue weighted by atomic mass is 10.3. The molecule has 1 N–H and O–H groups in total. The van der Waals surface area contributed by atoms with E-state index in [0.717, 1.165) is 29.8 Å². The minimum Gasteiger partial charge on any atom is -0.369 e. The zero-order chi connectivity index (χ0) is 12.8. The summed E-state index contributed by atoms with van der Waals surface area (Å²) in [7, 11) is 2.16. The summed E-state index contributed by atoms with van der Waals surface area (Å²) >= 11 is 3.52. The van der Waals surface area contributed by atoms with Crippen LogP contribution in [0.3, 0.4) is 0 Å². The lowest BCUT2D eigenvalue weighted by Gasteiger charge is -2.20. The molecule has 0 aliphatic carbocycles. The van der Waals surface area contributed by atoms with Crippen molar-refractivity contribution >= 4 is 21.7 Å². The second-order valence-electron chi connectivity index (χ2n) is 4.70. The Morgan fingerprint density at radius 2 is 2.18 bits per heavy atom. The zero-order valence-electron chi connectivity index (χ0n) is 11.1. The highest BCUT2D eigenvalue weighted by atomic mass is 79.9. The molecule has 1 rings (SSSR count). The molecule has 1 aromatic rings. The van der Waals surface area contributed by atoms with E-state index in [0.29, 0.717) is 6.04 Å². The first-order chi connectivity index (χ1) is 8.00. The second-order valence-corrected chi connectivity index (χ2v) is 5.55. The lowest BCUT2D eigenvalue weighted by molar-refractivity contribution is 0.273. The van der Waals surface area contributed by atoms with Crippen molar-refractivity contribution in [2.45, 2.75) is 33.2 Å². The molecule has 0 unspecified atom stereocenters. The molecule has 0 aromatic carbocycles. The maximum absolute atomic E-state index is 4.36. The molecular weight excluding hydrogens is 278 g/mol. The van der Waals surface area contributed by atoms with Gasteiger partial charge >= 0.3 is 0 Å². The van der Waals surface area contributed by atoms with Gasteiger partial charge in [-0.15, -0.1) is 0 Å². The van der Waals surface area contributed by atoms with Gasteiger partial charge in [-0.25, -0.2) is 4.98 Å². The van der Waals surface area contributed by atoms with Gasteiger partial charge in [-0.1, -0.05) is 0 Å². The summed E-state index contributed by atoms with van der Waals surface area (Å²) in [5, 5.41) is 3.35. The van der Waals surface area contributed by atoms with E-state index in [1.807, 2.05) is 13.1 Å². The maximum Gasteiger partial charge on any atom is 0.140 e. The van der Waals surface area contributed by atoms with E-state index in [9.17, 15) is 0 Å². The Morgan fingerprint density at radius 1 is 1.47 bits per heavy atom. The van der Waals surface area contributed by atoms with Crippen LogP contribution in [-0.2, 0) is 0 Å². The Hall–Kier alpha value is -0.610. The van der Waals surface area contributed by atoms with Crippen LogP contribution in [0.2, 0.25) is 0 Å². The van der Waals surface area contributed by atoms with Crippen molar-refractivity contribution in [2.24, 2.45) is 0 Å². The topological polar surface area (TPSA) is 28.2 Å². The third kappa shape index (κ3) is 5.04. The number of aromatic nitrogens is 1. The summed E-state index contributed by atoms with van der Waals surface area (Å²) in [5.41, 5.74) is 1.17. The standard InChI is InChI=1S/C13H22BrN3/c1-10(2)17(4)7-5-6-15-13-12(14)8-11(3)9-16-13/h8-10H,5-7H2,1-4H3,(H,15,16). The predicted molar refractivity (Wildman–Crippen MR) is 77.5 cm³/mol. The molecular formula is C13H22BrN3. The lowest BCUT2D eigenvalue weighted by Crippen LogP contribution is -2.28. The summed E-state index contributed by atoms with van der Waals surface area (Å²) in [6.45, 7) is 8.52. The highest BCUT2D eigenvalue weighted by Gasteiger charge is 2.03. The fourth-order valence-electron chi connectivity index (χ4n) is 1.46. The number of hydrogen-bond acceptors (Lipinski definition) is 3. The van der Waals surface area contributed by atoms with Crippen molar-refractivity contribution in [3.05, 3.63) is 22.3 Å². The van der Waals surface area contributed by atoms with Gasteiger partial charge in [0.05, 0.1) is 4.47 Å². The van der Waals surface area contributed by atoms with Crippen LogP contribution in [0.5, 0.6) is 0 Å². The highest BCUT2D eigenvalue weighted by Crippen LogP contribution is 2.20. The maximum atomic E-state index is 4.36. The molecule has 96 valence electrons. The van der Waals surface area contributed by atoms with E-state index in [4.69, 9.17) is 0 Å². The summed E-state index contributed by atoms with van der Waals surface area (Å²) in [6.07, 6.45) is 3.00. The monoisotopic (exact) mass is 299 g/mol. The van der Waals surface area contributed by atoms with Crippen molar-refractivity contribution in [1.29, 1.82) is 0 Å². The van der Waals surface area contributed by atoms with E-state index in [2.05, 4.69) is 58.1 Å². The zero-order valence-corrected chi connectivity index (χ0v) is 12.7. The number of pyridine rings is 1. The average Bonchev–Trinajstić information content (AvgIpc) is 2.26. The van der Waals surface area contributed by atoms with E-state index < -0.39 is 0 Å². The van der Waals surface area contributed by atoms with Crippen LogP contribution in [-0.4, -0.2) is 36.1 Å². The van der Waals surface area contributed by atoms with E-state index in [-0.39, 0.29) is 0 Å². The molecule has 0 bridgehead atoms. The number of hydrogen-bond donors (Lipinski definition) is 1. The molecule has 1 aromatic heterocycles. The Balaban J connectivity index is 2.31. The van der Waals surface area contributed by atoms with Crippen LogP contribution in [0.25, 0.3) is 0 Å². The van der Waals surface area contributed by atoms with Crippen LogP contribution in [0, 0.1) is 6.92 Å². The van der Waals surface area contributed by atoms with Crippen molar-refractivity contribution in [3.63, 3.8) is 0 Å². The van der Waals surface area contributed by atoms with Gasteiger partial charge in [-0.2, -0.15) is 0 Å². The molecule has 1 heterocycles. The Morgan fingerprint density at radius 3 is 2.76 bits per heavy atom. The largest absolute Gasteiger partial charge is 0.369 e. The van der Waals surface area contributed by atoms with Crippen LogP contribution >= 0.6 is 15.9 Å².